The maximum absolute atomic E-state index is 13.8. The van der Waals surface area contributed by atoms with Gasteiger partial charge in [-0.25, -0.2) is 28.8 Å². The highest BCUT2D eigenvalue weighted by Gasteiger charge is 2.55. The van der Waals surface area contributed by atoms with Crippen molar-refractivity contribution < 1.29 is 61.9 Å². The number of esters is 5. The lowest BCUT2D eigenvalue weighted by atomic mass is 9.97. The minimum atomic E-state index is -1.93. The summed E-state index contributed by atoms with van der Waals surface area (Å²) in [5.74, 6) is -4.36. The molecule has 5 aromatic rings. The molecule has 6 rings (SSSR count). The van der Waals surface area contributed by atoms with Crippen LogP contribution in [0.2, 0.25) is 0 Å². The van der Waals surface area contributed by atoms with Crippen molar-refractivity contribution in [1.29, 1.82) is 0 Å². The second-order valence-electron chi connectivity index (χ2n) is 13.0. The Morgan fingerprint density at radius 2 is 0.932 bits per heavy atom. The van der Waals surface area contributed by atoms with Crippen molar-refractivity contribution in [3.63, 3.8) is 0 Å². The minimum absolute atomic E-state index is 0.00739. The Morgan fingerprint density at radius 3 is 1.39 bits per heavy atom. The van der Waals surface area contributed by atoms with Crippen molar-refractivity contribution in [3.8, 4) is 0 Å². The molecule has 1 N–H and O–H groups in total. The zero-order chi connectivity index (χ0) is 41.6. The molecule has 6 atom stereocenters. The quantitative estimate of drug-likeness (QED) is 0.106. The van der Waals surface area contributed by atoms with Crippen LogP contribution in [0.5, 0.6) is 0 Å². The molecule has 59 heavy (non-hydrogen) atoms. The van der Waals surface area contributed by atoms with Crippen LogP contribution in [-0.2, 0) is 44.4 Å². The van der Waals surface area contributed by atoms with Crippen molar-refractivity contribution in [2.24, 2.45) is 0 Å². The smallest absolute Gasteiger partial charge is 0.410 e. The van der Waals surface area contributed by atoms with Crippen LogP contribution in [0.15, 0.2) is 152 Å². The summed E-state index contributed by atoms with van der Waals surface area (Å²) < 4.78 is 40.5. The molecule has 302 valence electrons. The van der Waals surface area contributed by atoms with Gasteiger partial charge < -0.3 is 38.5 Å². The number of carbonyl (C=O) groups is 6. The first-order chi connectivity index (χ1) is 28.7. The summed E-state index contributed by atoms with van der Waals surface area (Å²) in [6.07, 6.45) is -9.93. The summed E-state index contributed by atoms with van der Waals surface area (Å²) in [5.41, 5.74) is 1.10. The molecule has 1 amide bonds. The Balaban J connectivity index is 1.39. The van der Waals surface area contributed by atoms with E-state index in [0.717, 1.165) is 7.11 Å². The largest absolute Gasteiger partial charge is 0.467 e. The van der Waals surface area contributed by atoms with Crippen molar-refractivity contribution >= 4 is 35.9 Å². The summed E-state index contributed by atoms with van der Waals surface area (Å²) >= 11 is 0. The topological polar surface area (TPSA) is 179 Å². The first-order valence-electron chi connectivity index (χ1n) is 18.4. The van der Waals surface area contributed by atoms with Gasteiger partial charge in [0.15, 0.2) is 12.2 Å². The van der Waals surface area contributed by atoms with E-state index in [0.29, 0.717) is 5.56 Å². The Kier molecular flexibility index (Phi) is 14.1. The molecule has 5 aromatic carbocycles. The van der Waals surface area contributed by atoms with E-state index in [4.69, 9.17) is 33.2 Å². The van der Waals surface area contributed by atoms with Crippen molar-refractivity contribution in [2.45, 2.75) is 43.2 Å². The molecule has 0 bridgehead atoms. The average Bonchev–Trinajstić information content (AvgIpc) is 3.28. The van der Waals surface area contributed by atoms with Crippen LogP contribution in [0.3, 0.4) is 0 Å². The molecule has 1 saturated heterocycles. The molecule has 1 aliphatic heterocycles. The number of ether oxygens (including phenoxy) is 7. The highest BCUT2D eigenvalue weighted by molar-refractivity contribution is 5.92. The SMILES string of the molecule is COC(=O)[C@H](Cc1ccccc1)NC(=O)O[C@H]1O[C@H](COC(=O)c2ccccc2)[C@@H](OC(=O)c2ccccc2)[C@H](OC(=O)c2ccccc2)[C@@H]1OC(=O)c1ccccc1. The van der Waals surface area contributed by atoms with Crippen LogP contribution in [0, 0.1) is 0 Å². The predicted molar refractivity (Wildman–Crippen MR) is 208 cm³/mol. The van der Waals surface area contributed by atoms with Crippen molar-refractivity contribution in [3.05, 3.63) is 179 Å². The summed E-state index contributed by atoms with van der Waals surface area (Å²) in [6, 6.07) is 39.0. The van der Waals surface area contributed by atoms with Gasteiger partial charge in [-0.1, -0.05) is 103 Å². The Morgan fingerprint density at radius 1 is 0.525 bits per heavy atom. The van der Waals surface area contributed by atoms with Crippen LogP contribution < -0.4 is 5.32 Å². The predicted octanol–water partition coefficient (Wildman–Crippen LogP) is 5.76. The number of rotatable bonds is 14. The minimum Gasteiger partial charge on any atom is -0.467 e. The normalized spacial score (nSPS) is 18.8. The van der Waals surface area contributed by atoms with Gasteiger partial charge in [-0.2, -0.15) is 0 Å². The summed E-state index contributed by atoms with van der Waals surface area (Å²) in [5, 5.41) is 2.47. The molecule has 0 saturated carbocycles. The molecule has 0 aliphatic carbocycles. The van der Waals surface area contributed by atoms with Gasteiger partial charge in [-0.3, -0.25) is 0 Å². The standard InChI is InChI=1S/C45H39NO13/c1-53-43(51)34(27-29-17-7-2-8-18-29)46-45(52)59-44-38(58-42(50)33-25-15-6-16-26-33)37(57-41(49)32-23-13-5-14-24-32)36(56-40(48)31-21-11-4-12-22-31)35(55-44)28-54-39(47)30-19-9-3-10-20-30/h2-26,34-38,44H,27-28H2,1H3,(H,46,52)/t34-,35+,36+,37-,38-,44+/m0/s1. The van der Waals surface area contributed by atoms with E-state index in [2.05, 4.69) is 5.32 Å². The number of methoxy groups -OCH3 is 1. The zero-order valence-electron chi connectivity index (χ0n) is 31.6. The van der Waals surface area contributed by atoms with Crippen LogP contribution in [0.25, 0.3) is 0 Å². The van der Waals surface area contributed by atoms with Gasteiger partial charge in [-0.15, -0.1) is 0 Å². The number of nitrogens with one attached hydrogen (secondary N) is 1. The van der Waals surface area contributed by atoms with Crippen molar-refractivity contribution in [1.82, 2.24) is 5.32 Å². The number of hydrogen-bond donors (Lipinski definition) is 1. The highest BCUT2D eigenvalue weighted by atomic mass is 16.8. The molecule has 0 radical (unpaired) electrons. The van der Waals surface area contributed by atoms with E-state index < -0.39 is 79.3 Å². The molecular weight excluding hydrogens is 762 g/mol. The Hall–Kier alpha value is -7.32. The van der Waals surface area contributed by atoms with E-state index in [1.807, 2.05) is 0 Å². The average molecular weight is 802 g/mol. The van der Waals surface area contributed by atoms with Gasteiger partial charge in [-0.05, 0) is 54.1 Å². The molecule has 1 fully saturated rings. The van der Waals surface area contributed by atoms with E-state index in [1.165, 1.54) is 48.5 Å². The molecular formula is C45H39NO13. The lowest BCUT2D eigenvalue weighted by Crippen LogP contribution is -2.64. The first-order valence-corrected chi connectivity index (χ1v) is 18.4. The lowest BCUT2D eigenvalue weighted by molar-refractivity contribution is -0.282. The Labute approximate surface area is 338 Å². The van der Waals surface area contributed by atoms with Crippen LogP contribution in [0.4, 0.5) is 4.79 Å². The monoisotopic (exact) mass is 801 g/mol. The summed E-state index contributed by atoms with van der Waals surface area (Å²) in [7, 11) is 1.15. The number of carbonyl (C=O) groups excluding carboxylic acids is 6. The third-order valence-electron chi connectivity index (χ3n) is 9.02. The van der Waals surface area contributed by atoms with Gasteiger partial charge in [0, 0.05) is 6.42 Å². The second-order valence-corrected chi connectivity index (χ2v) is 13.0. The fourth-order valence-corrected chi connectivity index (χ4v) is 6.09. The molecule has 0 aromatic heterocycles. The van der Waals surface area contributed by atoms with Crippen LogP contribution in [0.1, 0.15) is 47.0 Å². The summed E-state index contributed by atoms with van der Waals surface area (Å²) in [6.45, 7) is -0.639. The van der Waals surface area contributed by atoms with Crippen LogP contribution in [-0.4, -0.2) is 86.4 Å². The Bertz CT molecular complexity index is 2190. The number of alkyl carbamates (subject to hydrolysis) is 1. The number of hydrogen-bond acceptors (Lipinski definition) is 13. The van der Waals surface area contributed by atoms with E-state index in [1.54, 1.807) is 103 Å². The van der Waals surface area contributed by atoms with Crippen molar-refractivity contribution in [2.75, 3.05) is 13.7 Å². The fourth-order valence-electron chi connectivity index (χ4n) is 6.09. The lowest BCUT2D eigenvalue weighted by Gasteiger charge is -2.43. The van der Waals surface area contributed by atoms with Gasteiger partial charge in [0.05, 0.1) is 29.4 Å². The molecule has 0 spiro atoms. The van der Waals surface area contributed by atoms with Gasteiger partial charge in [0.25, 0.3) is 0 Å². The molecule has 1 aliphatic rings. The van der Waals surface area contributed by atoms with Gasteiger partial charge in [0.2, 0.25) is 12.4 Å². The fraction of sp³-hybridized carbons (Fsp3) is 0.200. The second kappa shape index (κ2) is 20.2. The molecule has 14 heteroatoms. The van der Waals surface area contributed by atoms with E-state index >= 15 is 0 Å². The molecule has 14 nitrogen and oxygen atoms in total. The first kappa shape index (κ1) is 41.3. The van der Waals surface area contributed by atoms with E-state index in [-0.39, 0.29) is 28.7 Å². The number of amides is 1. The van der Waals surface area contributed by atoms with E-state index in [9.17, 15) is 28.8 Å². The number of benzene rings is 5. The summed E-state index contributed by atoms with van der Waals surface area (Å²) in [4.78, 5) is 81.1. The van der Waals surface area contributed by atoms with Gasteiger partial charge in [0.1, 0.15) is 18.8 Å². The molecule has 0 unspecified atom stereocenters. The third kappa shape index (κ3) is 11.2. The van der Waals surface area contributed by atoms with Gasteiger partial charge >= 0.3 is 35.9 Å². The third-order valence-corrected chi connectivity index (χ3v) is 9.02. The zero-order valence-corrected chi connectivity index (χ0v) is 31.6. The highest BCUT2D eigenvalue weighted by Crippen LogP contribution is 2.32. The maximum atomic E-state index is 13.8. The maximum Gasteiger partial charge on any atom is 0.410 e. The van der Waals surface area contributed by atoms with Crippen LogP contribution >= 0.6 is 0 Å². The molecule has 1 heterocycles.